The lowest BCUT2D eigenvalue weighted by atomic mass is 9.80. The third-order valence-electron chi connectivity index (χ3n) is 8.08. The van der Waals surface area contributed by atoms with Gasteiger partial charge in [0.25, 0.3) is 5.91 Å². The summed E-state index contributed by atoms with van der Waals surface area (Å²) in [6.07, 6.45) is 0.968. The number of nitrogens with one attached hydrogen (secondary N) is 1. The summed E-state index contributed by atoms with van der Waals surface area (Å²) in [5.41, 5.74) is 1.18. The zero-order valence-corrected chi connectivity index (χ0v) is 26.3. The van der Waals surface area contributed by atoms with Crippen molar-refractivity contribution < 1.29 is 48.5 Å². The first-order valence-electron chi connectivity index (χ1n) is 15.5. The summed E-state index contributed by atoms with van der Waals surface area (Å²) in [6.45, 7) is 4.33. The highest BCUT2D eigenvalue weighted by Gasteiger charge is 2.48. The van der Waals surface area contributed by atoms with E-state index in [0.29, 0.717) is 17.7 Å². The standard InChI is InChI=1S/C34H42N2O10/c1-4-5-16-45-33(43)24(18-21(2)32(41)42)19-25(34(44)46-17-15-37)20-28-22(3)30(39)36(31(28)40)27-13-11-23(12-14-27)29(38)35-26-9-7-6-8-10-26/h6-14,21-22,24-25,28,37H,4-5,15-20H2,1-3H3,(H,35,38)(H,41,42). The molecule has 1 aliphatic heterocycles. The summed E-state index contributed by atoms with van der Waals surface area (Å²) in [6, 6.07) is 14.9. The summed E-state index contributed by atoms with van der Waals surface area (Å²) in [4.78, 5) is 78.5. The first-order valence-corrected chi connectivity index (χ1v) is 15.5. The molecule has 12 heteroatoms. The second-order valence-corrected chi connectivity index (χ2v) is 11.5. The zero-order chi connectivity index (χ0) is 33.8. The number of hydrogen-bond donors (Lipinski definition) is 3. The molecule has 0 bridgehead atoms. The average Bonchev–Trinajstić information content (AvgIpc) is 3.25. The number of imide groups is 1. The predicted molar refractivity (Wildman–Crippen MR) is 168 cm³/mol. The summed E-state index contributed by atoms with van der Waals surface area (Å²) in [5.74, 6) is -8.70. The Hall–Kier alpha value is -4.58. The van der Waals surface area contributed by atoms with Crippen LogP contribution in [0.25, 0.3) is 0 Å². The van der Waals surface area contributed by atoms with Crippen LogP contribution >= 0.6 is 0 Å². The average molecular weight is 639 g/mol. The van der Waals surface area contributed by atoms with Crippen molar-refractivity contribution in [2.24, 2.45) is 29.6 Å². The smallest absolute Gasteiger partial charge is 0.309 e. The Morgan fingerprint density at radius 1 is 0.891 bits per heavy atom. The van der Waals surface area contributed by atoms with E-state index in [4.69, 9.17) is 9.47 Å². The number of carboxylic acids is 1. The molecule has 5 unspecified atom stereocenters. The van der Waals surface area contributed by atoms with Crippen molar-refractivity contribution in [2.75, 3.05) is 30.0 Å². The minimum Gasteiger partial charge on any atom is -0.481 e. The first kappa shape index (κ1) is 35.9. The molecule has 3 amide bonds. The second kappa shape index (κ2) is 17.2. The molecule has 0 aromatic heterocycles. The maximum Gasteiger partial charge on any atom is 0.309 e. The van der Waals surface area contributed by atoms with E-state index in [-0.39, 0.29) is 44.1 Å². The van der Waals surface area contributed by atoms with Crippen molar-refractivity contribution in [2.45, 2.75) is 52.9 Å². The number of benzene rings is 2. The molecule has 46 heavy (non-hydrogen) atoms. The van der Waals surface area contributed by atoms with Gasteiger partial charge in [-0.1, -0.05) is 45.4 Å². The molecule has 2 aromatic rings. The van der Waals surface area contributed by atoms with Gasteiger partial charge in [0.2, 0.25) is 11.8 Å². The SMILES string of the molecule is CCCCOC(=O)C(CC(C)C(=O)O)CC(CC1C(=O)N(c2ccc(C(=O)Nc3ccccc3)cc2)C(=O)C1C)C(=O)OCCO. The van der Waals surface area contributed by atoms with Gasteiger partial charge in [-0.25, -0.2) is 0 Å². The van der Waals surface area contributed by atoms with E-state index in [0.717, 1.165) is 11.3 Å². The van der Waals surface area contributed by atoms with Crippen LogP contribution in [0.4, 0.5) is 11.4 Å². The minimum absolute atomic E-state index is 0.104. The van der Waals surface area contributed by atoms with Gasteiger partial charge >= 0.3 is 17.9 Å². The molecule has 1 aliphatic rings. The van der Waals surface area contributed by atoms with Crippen LogP contribution in [-0.2, 0) is 33.4 Å². The number of aliphatic hydroxyl groups excluding tert-OH is 1. The quantitative estimate of drug-likeness (QED) is 0.130. The van der Waals surface area contributed by atoms with E-state index in [9.17, 15) is 39.0 Å². The fourth-order valence-electron chi connectivity index (χ4n) is 5.36. The number of carboxylic acid groups (broad SMARTS) is 1. The molecule has 0 saturated carbocycles. The number of aliphatic carboxylic acids is 1. The largest absolute Gasteiger partial charge is 0.481 e. The number of hydrogen-bond acceptors (Lipinski definition) is 9. The highest BCUT2D eigenvalue weighted by Crippen LogP contribution is 2.37. The van der Waals surface area contributed by atoms with Crippen LogP contribution in [0.2, 0.25) is 0 Å². The third-order valence-corrected chi connectivity index (χ3v) is 8.08. The van der Waals surface area contributed by atoms with Gasteiger partial charge in [0.15, 0.2) is 0 Å². The Kier molecular flexibility index (Phi) is 13.4. The van der Waals surface area contributed by atoms with Crippen molar-refractivity contribution in [1.82, 2.24) is 0 Å². The highest BCUT2D eigenvalue weighted by atomic mass is 16.5. The molecule has 0 radical (unpaired) electrons. The van der Waals surface area contributed by atoms with Crippen LogP contribution in [0.15, 0.2) is 54.6 Å². The molecule has 5 atom stereocenters. The highest BCUT2D eigenvalue weighted by molar-refractivity contribution is 6.22. The molecule has 0 spiro atoms. The number of aliphatic hydroxyl groups is 1. The zero-order valence-electron chi connectivity index (χ0n) is 26.3. The minimum atomic E-state index is -1.12. The Morgan fingerprint density at radius 2 is 1.52 bits per heavy atom. The van der Waals surface area contributed by atoms with Crippen LogP contribution < -0.4 is 10.2 Å². The number of ether oxygens (including phenoxy) is 2. The normalized spacial score (nSPS) is 18.0. The molecule has 12 nitrogen and oxygen atoms in total. The van der Waals surface area contributed by atoms with Crippen molar-refractivity contribution in [3.63, 3.8) is 0 Å². The lowest BCUT2D eigenvalue weighted by Gasteiger charge is -2.25. The van der Waals surface area contributed by atoms with E-state index >= 15 is 0 Å². The fourth-order valence-corrected chi connectivity index (χ4v) is 5.36. The Labute approximate surface area is 268 Å². The number of rotatable bonds is 17. The number of nitrogens with zero attached hydrogens (tertiary/aromatic N) is 1. The second-order valence-electron chi connectivity index (χ2n) is 11.5. The van der Waals surface area contributed by atoms with Crippen LogP contribution in [0.3, 0.4) is 0 Å². The Bertz CT molecular complexity index is 1380. The fraction of sp³-hybridized carbons (Fsp3) is 0.471. The molecule has 2 aromatic carbocycles. The number of carbonyl (C=O) groups is 6. The van der Waals surface area contributed by atoms with Crippen LogP contribution in [0, 0.1) is 29.6 Å². The number of esters is 2. The summed E-state index contributed by atoms with van der Waals surface area (Å²) >= 11 is 0. The number of carbonyl (C=O) groups excluding carboxylic acids is 5. The van der Waals surface area contributed by atoms with E-state index in [2.05, 4.69) is 5.32 Å². The molecule has 1 fully saturated rings. The van der Waals surface area contributed by atoms with Crippen molar-refractivity contribution in [1.29, 1.82) is 0 Å². The van der Waals surface area contributed by atoms with Gasteiger partial charge in [0.1, 0.15) is 6.61 Å². The molecule has 3 rings (SSSR count). The number of amides is 3. The van der Waals surface area contributed by atoms with Crippen molar-refractivity contribution >= 4 is 47.0 Å². The van der Waals surface area contributed by atoms with Gasteiger partial charge < -0.3 is 25.0 Å². The maximum absolute atomic E-state index is 13.7. The van der Waals surface area contributed by atoms with Gasteiger partial charge in [-0.2, -0.15) is 0 Å². The maximum atomic E-state index is 13.7. The number of anilines is 2. The van der Waals surface area contributed by atoms with Gasteiger partial charge in [-0.15, -0.1) is 0 Å². The van der Waals surface area contributed by atoms with Crippen molar-refractivity contribution in [3.05, 3.63) is 60.2 Å². The molecular formula is C34H42N2O10. The lowest BCUT2D eigenvalue weighted by Crippen LogP contribution is -2.33. The third kappa shape index (κ3) is 9.46. The predicted octanol–water partition coefficient (Wildman–Crippen LogP) is 4.07. The number of unbranched alkanes of at least 4 members (excludes halogenated alkanes) is 1. The van der Waals surface area contributed by atoms with E-state index < -0.39 is 65.9 Å². The monoisotopic (exact) mass is 638 g/mol. The first-order chi connectivity index (χ1) is 22.0. The van der Waals surface area contributed by atoms with Crippen molar-refractivity contribution in [3.8, 4) is 0 Å². The van der Waals surface area contributed by atoms with E-state index in [1.165, 1.54) is 31.2 Å². The molecule has 0 aliphatic carbocycles. The molecule has 3 N–H and O–H groups in total. The molecule has 248 valence electrons. The Morgan fingerprint density at radius 3 is 2.13 bits per heavy atom. The van der Waals surface area contributed by atoms with Crippen LogP contribution in [0.5, 0.6) is 0 Å². The summed E-state index contributed by atoms with van der Waals surface area (Å²) < 4.78 is 10.5. The topological polar surface area (TPSA) is 177 Å². The summed E-state index contributed by atoms with van der Waals surface area (Å²) in [7, 11) is 0. The van der Waals surface area contributed by atoms with E-state index in [1.807, 2.05) is 13.0 Å². The van der Waals surface area contributed by atoms with E-state index in [1.54, 1.807) is 31.2 Å². The molecule has 1 heterocycles. The van der Waals surface area contributed by atoms with Gasteiger partial charge in [-0.3, -0.25) is 33.7 Å². The van der Waals surface area contributed by atoms with Gasteiger partial charge in [0.05, 0.1) is 42.6 Å². The van der Waals surface area contributed by atoms with Gasteiger partial charge in [0, 0.05) is 17.2 Å². The van der Waals surface area contributed by atoms with Crippen LogP contribution in [-0.4, -0.2) is 65.7 Å². The number of para-hydroxylation sites is 1. The molecular weight excluding hydrogens is 596 g/mol. The van der Waals surface area contributed by atoms with Crippen LogP contribution in [0.1, 0.15) is 63.2 Å². The lowest BCUT2D eigenvalue weighted by molar-refractivity contribution is -0.155. The molecule has 1 saturated heterocycles. The summed E-state index contributed by atoms with van der Waals surface area (Å²) in [5, 5.41) is 21.5. The van der Waals surface area contributed by atoms with Gasteiger partial charge in [-0.05, 0) is 62.1 Å². The Balaban J connectivity index is 1.81.